The molecule has 2 rings (SSSR count). The summed E-state index contributed by atoms with van der Waals surface area (Å²) in [5.74, 6) is 1.68. The van der Waals surface area contributed by atoms with E-state index in [0.29, 0.717) is 0 Å². The second-order valence-electron chi connectivity index (χ2n) is 4.38. The van der Waals surface area contributed by atoms with Crippen LogP contribution in [0.15, 0.2) is 0 Å². The largest absolute Gasteiger partial charge is 0.394 e. The van der Waals surface area contributed by atoms with Crippen molar-refractivity contribution in [2.45, 2.75) is 37.6 Å². The van der Waals surface area contributed by atoms with E-state index in [1.165, 1.54) is 19.3 Å². The highest BCUT2D eigenvalue weighted by Gasteiger charge is 2.44. The molecule has 2 aliphatic rings. The minimum absolute atomic E-state index is 0.181. The molecule has 0 aliphatic heterocycles. The molecule has 64 valence electrons. The molecule has 2 nitrogen and oxygen atoms in total. The first-order chi connectivity index (χ1) is 5.23. The molecule has 0 amide bonds. The van der Waals surface area contributed by atoms with Gasteiger partial charge in [0.2, 0.25) is 0 Å². The average Bonchev–Trinajstić information content (AvgIpc) is 2.46. The summed E-state index contributed by atoms with van der Waals surface area (Å²) in [6.07, 6.45) is 6.21. The first-order valence-corrected chi connectivity index (χ1v) is 4.63. The van der Waals surface area contributed by atoms with E-state index in [0.717, 1.165) is 24.7 Å². The molecule has 0 aromatic carbocycles. The van der Waals surface area contributed by atoms with Crippen LogP contribution in [-0.2, 0) is 0 Å². The van der Waals surface area contributed by atoms with Crippen molar-refractivity contribution in [1.29, 1.82) is 0 Å². The molecule has 0 saturated heterocycles. The van der Waals surface area contributed by atoms with E-state index < -0.39 is 0 Å². The van der Waals surface area contributed by atoms with E-state index in [-0.39, 0.29) is 12.1 Å². The molecule has 0 heterocycles. The smallest absolute Gasteiger partial charge is 0.0611 e. The summed E-state index contributed by atoms with van der Waals surface area (Å²) < 4.78 is 0. The molecule has 3 N–H and O–H groups in total. The van der Waals surface area contributed by atoms with Gasteiger partial charge in [0.15, 0.2) is 0 Å². The predicted octanol–water partition coefficient (Wildman–Crippen LogP) is 0.886. The highest BCUT2D eigenvalue weighted by atomic mass is 16.3. The Hall–Kier alpha value is -0.0800. The van der Waals surface area contributed by atoms with Gasteiger partial charge >= 0.3 is 0 Å². The lowest BCUT2D eigenvalue weighted by Gasteiger charge is -2.21. The molecule has 0 aromatic heterocycles. The van der Waals surface area contributed by atoms with E-state index in [1.54, 1.807) is 0 Å². The first-order valence-electron chi connectivity index (χ1n) is 4.63. The summed E-state index contributed by atoms with van der Waals surface area (Å²) in [5, 5.41) is 9.06. The van der Waals surface area contributed by atoms with E-state index in [4.69, 9.17) is 10.8 Å². The van der Waals surface area contributed by atoms with Crippen molar-refractivity contribution in [1.82, 2.24) is 0 Å². The Labute approximate surface area is 67.8 Å². The van der Waals surface area contributed by atoms with Crippen molar-refractivity contribution >= 4 is 0 Å². The average molecular weight is 155 g/mol. The van der Waals surface area contributed by atoms with Crippen molar-refractivity contribution in [3.63, 3.8) is 0 Å². The predicted molar refractivity (Wildman–Crippen MR) is 44.1 cm³/mol. The van der Waals surface area contributed by atoms with Gasteiger partial charge in [0, 0.05) is 5.54 Å². The summed E-state index contributed by atoms with van der Waals surface area (Å²) in [7, 11) is 0. The summed E-state index contributed by atoms with van der Waals surface area (Å²) in [6, 6.07) is 0. The summed E-state index contributed by atoms with van der Waals surface area (Å²) in [4.78, 5) is 0. The first kappa shape index (κ1) is 7.56. The highest BCUT2D eigenvalue weighted by molar-refractivity contribution is 4.99. The summed E-state index contributed by atoms with van der Waals surface area (Å²) in [5.41, 5.74) is 5.79. The maximum absolute atomic E-state index is 9.06. The number of hydrogen-bond donors (Lipinski definition) is 2. The molecule has 2 saturated carbocycles. The van der Waals surface area contributed by atoms with Crippen LogP contribution in [0.5, 0.6) is 0 Å². The van der Waals surface area contributed by atoms with Crippen LogP contribution in [0.1, 0.15) is 32.1 Å². The molecule has 0 spiro atoms. The monoisotopic (exact) mass is 155 g/mol. The summed E-state index contributed by atoms with van der Waals surface area (Å²) >= 11 is 0. The Morgan fingerprint density at radius 1 is 1.27 bits per heavy atom. The number of nitrogens with two attached hydrogens (primary N) is 1. The topological polar surface area (TPSA) is 46.2 Å². The van der Waals surface area contributed by atoms with Gasteiger partial charge in [0.05, 0.1) is 6.61 Å². The lowest BCUT2D eigenvalue weighted by atomic mass is 9.96. The van der Waals surface area contributed by atoms with Gasteiger partial charge in [-0.15, -0.1) is 0 Å². The minimum Gasteiger partial charge on any atom is -0.394 e. The maximum Gasteiger partial charge on any atom is 0.0611 e. The van der Waals surface area contributed by atoms with E-state index in [2.05, 4.69) is 0 Å². The standard InChI is InChI=1S/C9H17NO/c10-9(6-11)4-7-2-1-3-8(7)5-9/h7-8,11H,1-6,10H2. The number of rotatable bonds is 1. The van der Waals surface area contributed by atoms with Gasteiger partial charge in [-0.25, -0.2) is 0 Å². The van der Waals surface area contributed by atoms with Gasteiger partial charge in [0.1, 0.15) is 0 Å². The summed E-state index contributed by atoms with van der Waals surface area (Å²) in [6.45, 7) is 0.181. The van der Waals surface area contributed by atoms with Crippen LogP contribution in [0.4, 0.5) is 0 Å². The number of aliphatic hydroxyl groups is 1. The van der Waals surface area contributed by atoms with Crippen molar-refractivity contribution in [3.05, 3.63) is 0 Å². The van der Waals surface area contributed by atoms with Gasteiger partial charge < -0.3 is 10.8 Å². The van der Waals surface area contributed by atoms with Crippen molar-refractivity contribution < 1.29 is 5.11 Å². The van der Waals surface area contributed by atoms with Crippen LogP contribution in [0.3, 0.4) is 0 Å². The number of fused-ring (bicyclic) bond motifs is 1. The second-order valence-corrected chi connectivity index (χ2v) is 4.38. The SMILES string of the molecule is NC1(CO)CC2CCCC2C1. The van der Waals surface area contributed by atoms with Crippen LogP contribution in [0.25, 0.3) is 0 Å². The molecule has 2 fully saturated rings. The van der Waals surface area contributed by atoms with Crippen molar-refractivity contribution in [2.75, 3.05) is 6.61 Å². The van der Waals surface area contributed by atoms with Crippen molar-refractivity contribution in [3.8, 4) is 0 Å². The third-order valence-corrected chi connectivity index (χ3v) is 3.47. The Morgan fingerprint density at radius 2 is 1.82 bits per heavy atom. The molecule has 2 heteroatoms. The maximum atomic E-state index is 9.06. The fourth-order valence-electron chi connectivity index (χ4n) is 2.91. The molecular formula is C9H17NO. The van der Waals surface area contributed by atoms with Crippen LogP contribution >= 0.6 is 0 Å². The zero-order valence-corrected chi connectivity index (χ0v) is 6.92. The van der Waals surface area contributed by atoms with Crippen LogP contribution in [-0.4, -0.2) is 17.3 Å². The number of aliphatic hydroxyl groups excluding tert-OH is 1. The van der Waals surface area contributed by atoms with E-state index in [9.17, 15) is 0 Å². The molecule has 2 aliphatic carbocycles. The van der Waals surface area contributed by atoms with Gasteiger partial charge in [-0.2, -0.15) is 0 Å². The third-order valence-electron chi connectivity index (χ3n) is 3.47. The molecule has 0 aromatic rings. The second kappa shape index (κ2) is 2.46. The van der Waals surface area contributed by atoms with Gasteiger partial charge in [-0.05, 0) is 24.7 Å². The molecule has 2 atom stereocenters. The zero-order chi connectivity index (χ0) is 7.90. The van der Waals surface area contributed by atoms with Crippen molar-refractivity contribution in [2.24, 2.45) is 17.6 Å². The molecule has 0 radical (unpaired) electrons. The molecule has 2 unspecified atom stereocenters. The fraction of sp³-hybridized carbons (Fsp3) is 1.00. The van der Waals surface area contributed by atoms with Crippen LogP contribution in [0.2, 0.25) is 0 Å². The van der Waals surface area contributed by atoms with Crippen LogP contribution in [0, 0.1) is 11.8 Å². The van der Waals surface area contributed by atoms with Crippen LogP contribution < -0.4 is 5.73 Å². The Balaban J connectivity index is 2.04. The van der Waals surface area contributed by atoms with E-state index >= 15 is 0 Å². The van der Waals surface area contributed by atoms with E-state index in [1.807, 2.05) is 0 Å². The lowest BCUT2D eigenvalue weighted by Crippen LogP contribution is -2.41. The molecular weight excluding hydrogens is 138 g/mol. The third kappa shape index (κ3) is 1.18. The fourth-order valence-corrected chi connectivity index (χ4v) is 2.91. The van der Waals surface area contributed by atoms with Gasteiger partial charge in [0.25, 0.3) is 0 Å². The Bertz CT molecular complexity index is 146. The minimum atomic E-state index is -0.213. The van der Waals surface area contributed by atoms with Gasteiger partial charge in [-0.3, -0.25) is 0 Å². The van der Waals surface area contributed by atoms with Gasteiger partial charge in [-0.1, -0.05) is 19.3 Å². The normalized spacial score (nSPS) is 49.6. The Kier molecular flexibility index (Phi) is 1.69. The zero-order valence-electron chi connectivity index (χ0n) is 6.92. The molecule has 0 bridgehead atoms. The highest BCUT2D eigenvalue weighted by Crippen LogP contribution is 2.47. The Morgan fingerprint density at radius 3 is 2.27 bits per heavy atom. The lowest BCUT2D eigenvalue weighted by molar-refractivity contribution is 0.191. The number of hydrogen-bond acceptors (Lipinski definition) is 2. The quantitative estimate of drug-likeness (QED) is 0.590. The molecule has 11 heavy (non-hydrogen) atoms.